The van der Waals surface area contributed by atoms with E-state index in [-0.39, 0.29) is 6.42 Å². The van der Waals surface area contributed by atoms with Crippen molar-refractivity contribution in [1.29, 1.82) is 0 Å². The van der Waals surface area contributed by atoms with E-state index < -0.39 is 5.97 Å². The number of carboxylic acid groups (broad SMARTS) is 1. The second-order valence-electron chi connectivity index (χ2n) is 3.58. The fourth-order valence-electron chi connectivity index (χ4n) is 1.45. The summed E-state index contributed by atoms with van der Waals surface area (Å²) in [5, 5.41) is 8.61. The molecule has 0 amide bonds. The minimum absolute atomic E-state index is 0.116. The van der Waals surface area contributed by atoms with Crippen molar-refractivity contribution in [2.45, 2.75) is 13.3 Å². The zero-order valence-corrected chi connectivity index (χ0v) is 8.80. The SMILES string of the molecule is Cc1cccc(-c2nc(CC(=O)O)co2)c1. The average Bonchev–Trinajstić information content (AvgIpc) is 2.65. The van der Waals surface area contributed by atoms with Crippen LogP contribution in [-0.4, -0.2) is 16.1 Å². The van der Waals surface area contributed by atoms with E-state index in [4.69, 9.17) is 9.52 Å². The van der Waals surface area contributed by atoms with Gasteiger partial charge in [-0.05, 0) is 19.1 Å². The minimum atomic E-state index is -0.913. The Labute approximate surface area is 92.6 Å². The fraction of sp³-hybridized carbons (Fsp3) is 0.167. The van der Waals surface area contributed by atoms with Crippen molar-refractivity contribution in [2.75, 3.05) is 0 Å². The van der Waals surface area contributed by atoms with Crippen LogP contribution in [0.2, 0.25) is 0 Å². The number of aliphatic carboxylic acids is 1. The Kier molecular flexibility index (Phi) is 2.72. The van der Waals surface area contributed by atoms with Crippen LogP contribution in [0.15, 0.2) is 34.9 Å². The highest BCUT2D eigenvalue weighted by Gasteiger charge is 2.09. The molecule has 1 N–H and O–H groups in total. The third-order valence-corrected chi connectivity index (χ3v) is 2.15. The maximum Gasteiger partial charge on any atom is 0.309 e. The van der Waals surface area contributed by atoms with Crippen molar-refractivity contribution in [2.24, 2.45) is 0 Å². The summed E-state index contributed by atoms with van der Waals surface area (Å²) in [6.07, 6.45) is 1.26. The van der Waals surface area contributed by atoms with Crippen LogP contribution in [-0.2, 0) is 11.2 Å². The predicted octanol–water partition coefficient (Wildman–Crippen LogP) is 2.28. The average molecular weight is 217 g/mol. The molecule has 2 aromatic rings. The molecule has 0 saturated heterocycles. The first-order valence-corrected chi connectivity index (χ1v) is 4.88. The second kappa shape index (κ2) is 4.18. The molecule has 1 aromatic heterocycles. The van der Waals surface area contributed by atoms with Crippen LogP contribution >= 0.6 is 0 Å². The molecular formula is C12H11NO3. The maximum absolute atomic E-state index is 10.5. The third kappa shape index (κ3) is 2.28. The summed E-state index contributed by atoms with van der Waals surface area (Å²) < 4.78 is 5.23. The predicted molar refractivity (Wildman–Crippen MR) is 58.0 cm³/mol. The standard InChI is InChI=1S/C12H11NO3/c1-8-3-2-4-9(5-8)12-13-10(7-16-12)6-11(14)15/h2-5,7H,6H2,1H3,(H,14,15). The molecule has 1 heterocycles. The molecular weight excluding hydrogens is 206 g/mol. The van der Waals surface area contributed by atoms with E-state index in [1.165, 1.54) is 6.26 Å². The number of carboxylic acids is 1. The molecule has 16 heavy (non-hydrogen) atoms. The van der Waals surface area contributed by atoms with Crippen LogP contribution in [0.1, 0.15) is 11.3 Å². The molecule has 0 aliphatic carbocycles. The number of oxazole rings is 1. The summed E-state index contributed by atoms with van der Waals surface area (Å²) >= 11 is 0. The summed E-state index contributed by atoms with van der Waals surface area (Å²) in [7, 11) is 0. The Morgan fingerprint density at radius 3 is 3.00 bits per heavy atom. The minimum Gasteiger partial charge on any atom is -0.481 e. The highest BCUT2D eigenvalue weighted by atomic mass is 16.4. The summed E-state index contributed by atoms with van der Waals surface area (Å²) in [6, 6.07) is 7.70. The molecule has 4 nitrogen and oxygen atoms in total. The van der Waals surface area contributed by atoms with Gasteiger partial charge in [-0.1, -0.05) is 17.7 Å². The molecule has 2 rings (SSSR count). The fourth-order valence-corrected chi connectivity index (χ4v) is 1.45. The van der Waals surface area contributed by atoms with Gasteiger partial charge in [0.2, 0.25) is 5.89 Å². The lowest BCUT2D eigenvalue weighted by Crippen LogP contribution is -1.99. The number of hydrogen-bond acceptors (Lipinski definition) is 3. The van der Waals surface area contributed by atoms with Gasteiger partial charge in [-0.25, -0.2) is 4.98 Å². The first-order chi connectivity index (χ1) is 7.65. The van der Waals surface area contributed by atoms with E-state index in [1.54, 1.807) is 0 Å². The van der Waals surface area contributed by atoms with Gasteiger partial charge in [0, 0.05) is 5.56 Å². The molecule has 4 heteroatoms. The van der Waals surface area contributed by atoms with Gasteiger partial charge in [0.15, 0.2) is 0 Å². The molecule has 0 unspecified atom stereocenters. The van der Waals surface area contributed by atoms with Crippen molar-refractivity contribution < 1.29 is 14.3 Å². The van der Waals surface area contributed by atoms with E-state index in [0.717, 1.165) is 11.1 Å². The summed E-state index contributed by atoms with van der Waals surface area (Å²) in [6.45, 7) is 1.98. The summed E-state index contributed by atoms with van der Waals surface area (Å²) in [4.78, 5) is 14.6. The topological polar surface area (TPSA) is 63.3 Å². The molecule has 0 atom stereocenters. The van der Waals surface area contributed by atoms with E-state index in [1.807, 2.05) is 31.2 Å². The number of carbonyl (C=O) groups is 1. The van der Waals surface area contributed by atoms with E-state index in [0.29, 0.717) is 11.6 Å². The van der Waals surface area contributed by atoms with E-state index in [2.05, 4.69) is 4.98 Å². The molecule has 0 bridgehead atoms. The normalized spacial score (nSPS) is 10.3. The van der Waals surface area contributed by atoms with Gasteiger partial charge in [-0.2, -0.15) is 0 Å². The molecule has 0 fully saturated rings. The lowest BCUT2D eigenvalue weighted by atomic mass is 10.1. The van der Waals surface area contributed by atoms with E-state index >= 15 is 0 Å². The largest absolute Gasteiger partial charge is 0.481 e. The van der Waals surface area contributed by atoms with Crippen LogP contribution in [0, 0.1) is 6.92 Å². The zero-order valence-electron chi connectivity index (χ0n) is 8.80. The first kappa shape index (κ1) is 10.4. The van der Waals surface area contributed by atoms with Gasteiger partial charge in [0.05, 0.1) is 12.1 Å². The van der Waals surface area contributed by atoms with Gasteiger partial charge < -0.3 is 9.52 Å². The molecule has 0 aliphatic heterocycles. The number of aryl methyl sites for hydroxylation is 1. The number of rotatable bonds is 3. The molecule has 0 radical (unpaired) electrons. The number of nitrogens with zero attached hydrogens (tertiary/aromatic N) is 1. The van der Waals surface area contributed by atoms with Crippen molar-refractivity contribution >= 4 is 5.97 Å². The lowest BCUT2D eigenvalue weighted by molar-refractivity contribution is -0.136. The van der Waals surface area contributed by atoms with Crippen LogP contribution in [0.5, 0.6) is 0 Å². The van der Waals surface area contributed by atoms with Gasteiger partial charge in [-0.3, -0.25) is 4.79 Å². The summed E-state index contributed by atoms with van der Waals surface area (Å²) in [5.41, 5.74) is 2.40. The highest BCUT2D eigenvalue weighted by Crippen LogP contribution is 2.19. The Morgan fingerprint density at radius 2 is 2.31 bits per heavy atom. The Morgan fingerprint density at radius 1 is 1.50 bits per heavy atom. The quantitative estimate of drug-likeness (QED) is 0.856. The molecule has 1 aromatic carbocycles. The molecule has 82 valence electrons. The van der Waals surface area contributed by atoms with Crippen molar-refractivity contribution in [3.05, 3.63) is 41.8 Å². The Bertz CT molecular complexity index is 516. The molecule has 0 aliphatic rings. The Balaban J connectivity index is 2.28. The van der Waals surface area contributed by atoms with E-state index in [9.17, 15) is 4.79 Å². The van der Waals surface area contributed by atoms with Gasteiger partial charge in [0.25, 0.3) is 0 Å². The Hall–Kier alpha value is -2.10. The highest BCUT2D eigenvalue weighted by molar-refractivity contribution is 5.69. The van der Waals surface area contributed by atoms with Crippen molar-refractivity contribution in [1.82, 2.24) is 4.98 Å². The number of hydrogen-bond donors (Lipinski definition) is 1. The van der Waals surface area contributed by atoms with Crippen molar-refractivity contribution in [3.8, 4) is 11.5 Å². The van der Waals surface area contributed by atoms with Crippen LogP contribution in [0.3, 0.4) is 0 Å². The summed E-state index contributed by atoms with van der Waals surface area (Å²) in [5.74, 6) is -0.455. The number of aromatic nitrogens is 1. The van der Waals surface area contributed by atoms with Gasteiger partial charge >= 0.3 is 5.97 Å². The smallest absolute Gasteiger partial charge is 0.309 e. The van der Waals surface area contributed by atoms with Crippen LogP contribution in [0.25, 0.3) is 11.5 Å². The molecule has 0 spiro atoms. The van der Waals surface area contributed by atoms with Crippen LogP contribution in [0.4, 0.5) is 0 Å². The number of benzene rings is 1. The third-order valence-electron chi connectivity index (χ3n) is 2.15. The van der Waals surface area contributed by atoms with Crippen LogP contribution < -0.4 is 0 Å². The monoisotopic (exact) mass is 217 g/mol. The van der Waals surface area contributed by atoms with Gasteiger partial charge in [0.1, 0.15) is 6.26 Å². The lowest BCUT2D eigenvalue weighted by Gasteiger charge is -1.96. The van der Waals surface area contributed by atoms with Gasteiger partial charge in [-0.15, -0.1) is 0 Å². The second-order valence-corrected chi connectivity index (χ2v) is 3.58. The van der Waals surface area contributed by atoms with Crippen molar-refractivity contribution in [3.63, 3.8) is 0 Å². The zero-order chi connectivity index (χ0) is 11.5. The maximum atomic E-state index is 10.5. The first-order valence-electron chi connectivity index (χ1n) is 4.88. The molecule has 0 saturated carbocycles.